The monoisotopic (exact) mass is 346 g/mol. The van der Waals surface area contributed by atoms with Crippen molar-refractivity contribution in [2.45, 2.75) is 20.0 Å². The van der Waals surface area contributed by atoms with Gasteiger partial charge in [-0.25, -0.2) is 9.67 Å². The highest BCUT2D eigenvalue weighted by molar-refractivity contribution is 5.98. The zero-order chi connectivity index (χ0) is 17.9. The largest absolute Gasteiger partial charge is 0.451 e. The Bertz CT molecular complexity index is 1050. The Morgan fingerprint density at radius 3 is 2.65 bits per heavy atom. The quantitative estimate of drug-likeness (QED) is 0.602. The number of benzene rings is 2. The summed E-state index contributed by atoms with van der Waals surface area (Å²) in [6.45, 7) is 2.93. The van der Waals surface area contributed by atoms with Crippen molar-refractivity contribution in [3.63, 3.8) is 0 Å². The van der Waals surface area contributed by atoms with Gasteiger partial charge in [0.25, 0.3) is 5.91 Å². The zero-order valence-electron chi connectivity index (χ0n) is 14.3. The third-order valence-corrected chi connectivity index (χ3v) is 4.41. The molecule has 0 atom stereocenters. The maximum absolute atomic E-state index is 12.6. The molecule has 6 nitrogen and oxygen atoms in total. The number of hydrogen-bond donors (Lipinski definition) is 1. The van der Waals surface area contributed by atoms with Crippen LogP contribution in [-0.4, -0.2) is 20.7 Å². The second-order valence-electron chi connectivity index (χ2n) is 6.10. The number of fused-ring (bicyclic) bond motifs is 1. The van der Waals surface area contributed by atoms with E-state index in [4.69, 9.17) is 4.42 Å². The smallest absolute Gasteiger partial charge is 0.287 e. The van der Waals surface area contributed by atoms with E-state index < -0.39 is 0 Å². The molecule has 0 fully saturated rings. The third-order valence-electron chi connectivity index (χ3n) is 4.41. The summed E-state index contributed by atoms with van der Waals surface area (Å²) in [6, 6.07) is 15.6. The molecule has 0 unspecified atom stereocenters. The minimum absolute atomic E-state index is 0.214. The highest BCUT2D eigenvalue weighted by Crippen LogP contribution is 2.24. The van der Waals surface area contributed by atoms with E-state index in [2.05, 4.69) is 15.4 Å². The minimum Gasteiger partial charge on any atom is -0.451 e. The van der Waals surface area contributed by atoms with Crippen molar-refractivity contribution in [2.75, 3.05) is 0 Å². The Hall–Kier alpha value is -3.41. The van der Waals surface area contributed by atoms with Crippen LogP contribution in [0, 0.1) is 6.92 Å². The van der Waals surface area contributed by atoms with Crippen LogP contribution in [0.5, 0.6) is 0 Å². The highest BCUT2D eigenvalue weighted by atomic mass is 16.3. The number of aromatic nitrogens is 3. The Labute approximate surface area is 150 Å². The molecule has 0 saturated heterocycles. The lowest BCUT2D eigenvalue weighted by atomic mass is 10.1. The van der Waals surface area contributed by atoms with Crippen LogP contribution in [0.4, 0.5) is 0 Å². The first-order chi connectivity index (χ1) is 12.7. The fraction of sp³-hybridized carbons (Fsp3) is 0.150. The van der Waals surface area contributed by atoms with Crippen LogP contribution in [-0.2, 0) is 13.1 Å². The lowest BCUT2D eigenvalue weighted by Crippen LogP contribution is -2.23. The number of para-hydroxylation sites is 1. The molecular weight excluding hydrogens is 328 g/mol. The molecule has 2 aromatic carbocycles. The predicted octanol–water partition coefficient (Wildman–Crippen LogP) is 3.31. The molecule has 0 aliphatic rings. The van der Waals surface area contributed by atoms with Gasteiger partial charge in [0.1, 0.15) is 18.2 Å². The molecule has 0 saturated carbocycles. The van der Waals surface area contributed by atoms with Crippen LogP contribution in [0.25, 0.3) is 11.0 Å². The Balaban J connectivity index is 1.52. The van der Waals surface area contributed by atoms with Crippen LogP contribution in [0.2, 0.25) is 0 Å². The van der Waals surface area contributed by atoms with E-state index in [1.54, 1.807) is 11.0 Å². The van der Waals surface area contributed by atoms with Crippen molar-refractivity contribution in [3.8, 4) is 0 Å². The van der Waals surface area contributed by atoms with Gasteiger partial charge >= 0.3 is 0 Å². The number of rotatable bonds is 5. The van der Waals surface area contributed by atoms with Gasteiger partial charge in [-0.1, -0.05) is 42.5 Å². The molecule has 6 heteroatoms. The predicted molar refractivity (Wildman–Crippen MR) is 97.7 cm³/mol. The van der Waals surface area contributed by atoms with Crippen LogP contribution in [0.15, 0.2) is 65.6 Å². The molecule has 4 rings (SSSR count). The second-order valence-corrected chi connectivity index (χ2v) is 6.10. The molecule has 1 amide bonds. The van der Waals surface area contributed by atoms with E-state index in [1.165, 1.54) is 6.33 Å². The van der Waals surface area contributed by atoms with Gasteiger partial charge < -0.3 is 9.73 Å². The van der Waals surface area contributed by atoms with E-state index in [1.807, 2.05) is 55.5 Å². The lowest BCUT2D eigenvalue weighted by molar-refractivity contribution is 0.0924. The van der Waals surface area contributed by atoms with Crippen LogP contribution < -0.4 is 5.32 Å². The summed E-state index contributed by atoms with van der Waals surface area (Å²) >= 11 is 0. The first-order valence-corrected chi connectivity index (χ1v) is 8.38. The van der Waals surface area contributed by atoms with Crippen molar-refractivity contribution < 1.29 is 9.21 Å². The standard InChI is InChI=1S/C20H18N4O2/c1-14-17-8-4-5-9-18(17)26-19(14)20(25)22-10-15-6-2-3-7-16(15)11-24-13-21-12-23-24/h2-9,12-13H,10-11H2,1H3,(H,22,25). The van der Waals surface area contributed by atoms with Crippen molar-refractivity contribution >= 4 is 16.9 Å². The number of carbonyl (C=O) groups is 1. The number of aryl methyl sites for hydroxylation is 1. The van der Waals surface area contributed by atoms with Crippen LogP contribution >= 0.6 is 0 Å². The van der Waals surface area contributed by atoms with E-state index >= 15 is 0 Å². The molecule has 4 aromatic rings. The van der Waals surface area contributed by atoms with Crippen molar-refractivity contribution in [2.24, 2.45) is 0 Å². The first-order valence-electron chi connectivity index (χ1n) is 8.38. The topological polar surface area (TPSA) is 73.0 Å². The normalized spacial score (nSPS) is 11.0. The van der Waals surface area contributed by atoms with Crippen LogP contribution in [0.1, 0.15) is 27.2 Å². The fourth-order valence-corrected chi connectivity index (χ4v) is 3.02. The van der Waals surface area contributed by atoms with Gasteiger partial charge in [-0.05, 0) is 24.1 Å². The van der Waals surface area contributed by atoms with E-state index in [0.29, 0.717) is 18.8 Å². The van der Waals surface area contributed by atoms with Gasteiger partial charge in [0, 0.05) is 17.5 Å². The SMILES string of the molecule is Cc1c(C(=O)NCc2ccccc2Cn2cncn2)oc2ccccc12. The Kier molecular flexibility index (Phi) is 4.23. The van der Waals surface area contributed by atoms with Crippen molar-refractivity contribution in [1.29, 1.82) is 0 Å². The first kappa shape index (κ1) is 16.1. The summed E-state index contributed by atoms with van der Waals surface area (Å²) < 4.78 is 7.48. The summed E-state index contributed by atoms with van der Waals surface area (Å²) in [7, 11) is 0. The molecular formula is C20H18N4O2. The molecule has 0 spiro atoms. The molecule has 2 aromatic heterocycles. The highest BCUT2D eigenvalue weighted by Gasteiger charge is 2.17. The van der Waals surface area contributed by atoms with Crippen LogP contribution in [0.3, 0.4) is 0 Å². The minimum atomic E-state index is -0.214. The van der Waals surface area contributed by atoms with Gasteiger partial charge in [0.05, 0.1) is 6.54 Å². The summed E-state index contributed by atoms with van der Waals surface area (Å²) in [5.41, 5.74) is 3.69. The number of nitrogens with zero attached hydrogens (tertiary/aromatic N) is 3. The molecule has 0 aliphatic heterocycles. The summed E-state index contributed by atoms with van der Waals surface area (Å²) in [5, 5.41) is 8.06. The summed E-state index contributed by atoms with van der Waals surface area (Å²) in [6.07, 6.45) is 3.18. The maximum Gasteiger partial charge on any atom is 0.287 e. The number of hydrogen-bond acceptors (Lipinski definition) is 4. The van der Waals surface area contributed by atoms with Gasteiger partial charge in [-0.3, -0.25) is 4.79 Å². The van der Waals surface area contributed by atoms with Crippen molar-refractivity contribution in [3.05, 3.63) is 83.6 Å². The molecule has 2 heterocycles. The van der Waals surface area contributed by atoms with E-state index in [9.17, 15) is 4.79 Å². The number of amides is 1. The molecule has 26 heavy (non-hydrogen) atoms. The lowest BCUT2D eigenvalue weighted by Gasteiger charge is -2.10. The van der Waals surface area contributed by atoms with Gasteiger partial charge in [-0.2, -0.15) is 5.10 Å². The maximum atomic E-state index is 12.6. The van der Waals surface area contributed by atoms with Gasteiger partial charge in [0.2, 0.25) is 0 Å². The Morgan fingerprint density at radius 2 is 1.88 bits per heavy atom. The molecule has 130 valence electrons. The van der Waals surface area contributed by atoms with E-state index in [-0.39, 0.29) is 5.91 Å². The molecule has 0 bridgehead atoms. The molecule has 0 radical (unpaired) electrons. The van der Waals surface area contributed by atoms with Gasteiger partial charge in [0.15, 0.2) is 5.76 Å². The summed E-state index contributed by atoms with van der Waals surface area (Å²) in [4.78, 5) is 16.6. The van der Waals surface area contributed by atoms with Gasteiger partial charge in [-0.15, -0.1) is 0 Å². The average Bonchev–Trinajstić information content (AvgIpc) is 3.29. The number of carbonyl (C=O) groups excluding carboxylic acids is 1. The van der Waals surface area contributed by atoms with E-state index in [0.717, 1.165) is 27.7 Å². The second kappa shape index (κ2) is 6.84. The average molecular weight is 346 g/mol. The summed E-state index contributed by atoms with van der Waals surface area (Å²) in [5.74, 6) is 0.147. The molecule has 0 aliphatic carbocycles. The fourth-order valence-electron chi connectivity index (χ4n) is 3.02. The molecule has 1 N–H and O–H groups in total. The third kappa shape index (κ3) is 3.09. The number of furan rings is 1. The Morgan fingerprint density at radius 1 is 1.12 bits per heavy atom. The van der Waals surface area contributed by atoms with Crippen molar-refractivity contribution in [1.82, 2.24) is 20.1 Å². The number of nitrogens with one attached hydrogen (secondary N) is 1. The zero-order valence-corrected chi connectivity index (χ0v) is 14.3.